The fraction of sp³-hybridized carbons (Fsp3) is 0.929. The predicted molar refractivity (Wildman–Crippen MR) is 77.0 cm³/mol. The molecule has 5 nitrogen and oxygen atoms in total. The Kier molecular flexibility index (Phi) is 5.77. The van der Waals surface area contributed by atoms with Gasteiger partial charge in [-0.05, 0) is 60.3 Å². The Morgan fingerprint density at radius 2 is 2.05 bits per heavy atom. The lowest BCUT2D eigenvalue weighted by Gasteiger charge is -2.40. The van der Waals surface area contributed by atoms with Crippen molar-refractivity contribution in [2.75, 3.05) is 34.3 Å². The molecule has 1 aliphatic heterocycles. The Morgan fingerprint density at radius 3 is 2.53 bits per heavy atom. The molecule has 112 valence electrons. The first-order chi connectivity index (χ1) is 8.77. The molecule has 1 saturated heterocycles. The van der Waals surface area contributed by atoms with Crippen LogP contribution < -0.4 is 5.73 Å². The van der Waals surface area contributed by atoms with Gasteiger partial charge in [-0.1, -0.05) is 0 Å². The number of carbonyl (C=O) groups excluding carboxylic acids is 1. The van der Waals surface area contributed by atoms with Crippen LogP contribution >= 0.6 is 0 Å². The second-order valence-corrected chi connectivity index (χ2v) is 6.16. The summed E-state index contributed by atoms with van der Waals surface area (Å²) >= 11 is 0. The van der Waals surface area contributed by atoms with Crippen LogP contribution in [0, 0.1) is 0 Å². The van der Waals surface area contributed by atoms with Gasteiger partial charge < -0.3 is 20.3 Å². The highest BCUT2D eigenvalue weighted by Crippen LogP contribution is 2.21. The lowest BCUT2D eigenvalue weighted by atomic mass is 9.92. The number of hydrogen-bond donors (Lipinski definition) is 1. The van der Waals surface area contributed by atoms with Crippen molar-refractivity contribution in [3.63, 3.8) is 0 Å². The van der Waals surface area contributed by atoms with E-state index < -0.39 is 5.54 Å². The van der Waals surface area contributed by atoms with E-state index in [4.69, 9.17) is 10.5 Å². The summed E-state index contributed by atoms with van der Waals surface area (Å²) in [5.41, 5.74) is 5.14. The van der Waals surface area contributed by atoms with Crippen molar-refractivity contribution < 1.29 is 9.53 Å². The molecule has 2 atom stereocenters. The summed E-state index contributed by atoms with van der Waals surface area (Å²) in [6.07, 6.45) is 2.97. The second kappa shape index (κ2) is 6.68. The predicted octanol–water partition coefficient (Wildman–Crippen LogP) is 0.681. The van der Waals surface area contributed by atoms with Crippen LogP contribution in [0.15, 0.2) is 0 Å². The van der Waals surface area contributed by atoms with E-state index in [0.717, 1.165) is 13.1 Å². The smallest absolute Gasteiger partial charge is 0.325 e. The first-order valence-electron chi connectivity index (χ1n) is 7.05. The highest BCUT2D eigenvalue weighted by Gasteiger charge is 2.34. The van der Waals surface area contributed by atoms with Gasteiger partial charge in [0, 0.05) is 12.1 Å². The van der Waals surface area contributed by atoms with Gasteiger partial charge >= 0.3 is 5.97 Å². The lowest BCUT2D eigenvalue weighted by molar-refractivity contribution is -0.147. The molecule has 0 spiro atoms. The largest absolute Gasteiger partial charge is 0.468 e. The van der Waals surface area contributed by atoms with E-state index in [9.17, 15) is 4.79 Å². The van der Waals surface area contributed by atoms with Gasteiger partial charge in [0.2, 0.25) is 0 Å². The number of piperidine rings is 1. The van der Waals surface area contributed by atoms with E-state index in [2.05, 4.69) is 30.8 Å². The fourth-order valence-electron chi connectivity index (χ4n) is 2.84. The average molecular weight is 271 g/mol. The van der Waals surface area contributed by atoms with Crippen LogP contribution in [0.25, 0.3) is 0 Å². The van der Waals surface area contributed by atoms with Gasteiger partial charge in [0.05, 0.1) is 7.11 Å². The van der Waals surface area contributed by atoms with Crippen molar-refractivity contribution in [3.8, 4) is 0 Å². The molecule has 0 aromatic rings. The van der Waals surface area contributed by atoms with Crippen molar-refractivity contribution in [2.45, 2.75) is 50.7 Å². The number of hydrogen-bond acceptors (Lipinski definition) is 5. The molecule has 0 aromatic heterocycles. The molecule has 0 amide bonds. The monoisotopic (exact) mass is 271 g/mol. The van der Waals surface area contributed by atoms with Gasteiger partial charge in [0.1, 0.15) is 5.54 Å². The molecule has 0 bridgehead atoms. The van der Waals surface area contributed by atoms with E-state index in [1.165, 1.54) is 20.0 Å². The first kappa shape index (κ1) is 16.4. The summed E-state index contributed by atoms with van der Waals surface area (Å²) < 4.78 is 4.77. The lowest BCUT2D eigenvalue weighted by Crippen LogP contribution is -2.53. The first-order valence-corrected chi connectivity index (χ1v) is 7.05. The topological polar surface area (TPSA) is 58.8 Å². The maximum absolute atomic E-state index is 11.6. The third kappa shape index (κ3) is 4.44. The van der Waals surface area contributed by atoms with E-state index in [1.807, 2.05) is 0 Å². The summed E-state index contributed by atoms with van der Waals surface area (Å²) in [6, 6.07) is 0.849. The minimum atomic E-state index is -0.909. The van der Waals surface area contributed by atoms with Crippen molar-refractivity contribution in [1.82, 2.24) is 9.80 Å². The third-order valence-electron chi connectivity index (χ3n) is 4.33. The minimum absolute atomic E-state index is 0.266. The Balaban J connectivity index is 2.52. The van der Waals surface area contributed by atoms with Gasteiger partial charge in [0.25, 0.3) is 0 Å². The van der Waals surface area contributed by atoms with Crippen LogP contribution in [0.4, 0.5) is 0 Å². The van der Waals surface area contributed by atoms with Gasteiger partial charge in [-0.25, -0.2) is 0 Å². The van der Waals surface area contributed by atoms with Crippen LogP contribution in [0.2, 0.25) is 0 Å². The molecule has 0 radical (unpaired) electrons. The standard InChI is InChI=1S/C14H29N3O2/c1-11(10-14(2,15)13(18)19-5)17(4)12-6-8-16(3)9-7-12/h11-12H,6-10,15H2,1-5H3. The number of esters is 1. The molecule has 1 aliphatic rings. The Bertz CT molecular complexity index is 299. The Labute approximate surface area is 117 Å². The highest BCUT2D eigenvalue weighted by atomic mass is 16.5. The number of ether oxygens (including phenoxy) is 1. The molecule has 5 heteroatoms. The van der Waals surface area contributed by atoms with Crippen LogP contribution in [-0.4, -0.2) is 67.7 Å². The SMILES string of the molecule is COC(=O)C(C)(N)CC(C)N(C)C1CCN(C)CC1. The third-order valence-corrected chi connectivity index (χ3v) is 4.33. The molecular formula is C14H29N3O2. The highest BCUT2D eigenvalue weighted by molar-refractivity contribution is 5.79. The van der Waals surface area contributed by atoms with Crippen LogP contribution in [0.5, 0.6) is 0 Å². The van der Waals surface area contributed by atoms with Gasteiger partial charge in [-0.3, -0.25) is 4.79 Å². The van der Waals surface area contributed by atoms with Gasteiger partial charge in [-0.15, -0.1) is 0 Å². The van der Waals surface area contributed by atoms with E-state index in [-0.39, 0.29) is 12.0 Å². The van der Waals surface area contributed by atoms with Crippen LogP contribution in [-0.2, 0) is 9.53 Å². The van der Waals surface area contributed by atoms with Crippen molar-refractivity contribution in [1.29, 1.82) is 0 Å². The summed E-state index contributed by atoms with van der Waals surface area (Å²) in [7, 11) is 5.68. The number of likely N-dealkylation sites (tertiary alicyclic amines) is 1. The van der Waals surface area contributed by atoms with Crippen molar-refractivity contribution in [3.05, 3.63) is 0 Å². The zero-order chi connectivity index (χ0) is 14.6. The average Bonchev–Trinajstić information content (AvgIpc) is 2.37. The number of carbonyl (C=O) groups is 1. The summed E-state index contributed by atoms with van der Waals surface area (Å²) in [6.45, 7) is 6.15. The number of nitrogens with zero attached hydrogens (tertiary/aromatic N) is 2. The number of methoxy groups -OCH3 is 1. The van der Waals surface area contributed by atoms with Crippen molar-refractivity contribution in [2.24, 2.45) is 5.73 Å². The van der Waals surface area contributed by atoms with Crippen LogP contribution in [0.1, 0.15) is 33.1 Å². The molecule has 1 rings (SSSR count). The summed E-state index contributed by atoms with van der Waals surface area (Å²) in [5.74, 6) is -0.337. The molecule has 1 fully saturated rings. The zero-order valence-electron chi connectivity index (χ0n) is 13.0. The van der Waals surface area contributed by atoms with E-state index in [1.54, 1.807) is 6.92 Å². The maximum Gasteiger partial charge on any atom is 0.325 e. The normalized spacial score (nSPS) is 23.1. The zero-order valence-corrected chi connectivity index (χ0v) is 13.0. The number of nitrogens with two attached hydrogens (primary N) is 1. The second-order valence-electron chi connectivity index (χ2n) is 6.16. The summed E-state index contributed by atoms with van der Waals surface area (Å²) in [5, 5.41) is 0. The van der Waals surface area contributed by atoms with Gasteiger partial charge in [0.15, 0.2) is 0 Å². The van der Waals surface area contributed by atoms with Crippen molar-refractivity contribution >= 4 is 5.97 Å². The molecular weight excluding hydrogens is 242 g/mol. The molecule has 1 heterocycles. The van der Waals surface area contributed by atoms with Crippen LogP contribution in [0.3, 0.4) is 0 Å². The maximum atomic E-state index is 11.6. The van der Waals surface area contributed by atoms with E-state index >= 15 is 0 Å². The minimum Gasteiger partial charge on any atom is -0.468 e. The molecule has 0 saturated carbocycles. The molecule has 0 aromatic carbocycles. The fourth-order valence-corrected chi connectivity index (χ4v) is 2.84. The molecule has 19 heavy (non-hydrogen) atoms. The molecule has 2 unspecified atom stereocenters. The quantitative estimate of drug-likeness (QED) is 0.745. The Morgan fingerprint density at radius 1 is 1.53 bits per heavy atom. The Hall–Kier alpha value is -0.650. The molecule has 0 aliphatic carbocycles. The number of rotatable bonds is 5. The van der Waals surface area contributed by atoms with Gasteiger partial charge in [-0.2, -0.15) is 0 Å². The molecule has 2 N–H and O–H groups in total. The van der Waals surface area contributed by atoms with E-state index in [0.29, 0.717) is 12.5 Å². The summed E-state index contributed by atoms with van der Waals surface area (Å²) in [4.78, 5) is 16.4.